The van der Waals surface area contributed by atoms with Gasteiger partial charge < -0.3 is 15.8 Å². The topological polar surface area (TPSA) is 133 Å². The van der Waals surface area contributed by atoms with E-state index in [4.69, 9.17) is 47.0 Å². The molecule has 8 rings (SSSR count). The van der Waals surface area contributed by atoms with Crippen LogP contribution in [0.1, 0.15) is 40.4 Å². The van der Waals surface area contributed by atoms with Crippen molar-refractivity contribution >= 4 is 46.3 Å². The Morgan fingerprint density at radius 2 is 1.69 bits per heavy atom. The van der Waals surface area contributed by atoms with Gasteiger partial charge in [-0.3, -0.25) is 9.20 Å². The molecular weight excluding hydrogens is 679 g/mol. The Morgan fingerprint density at radius 1 is 0.962 bits per heavy atom. The van der Waals surface area contributed by atoms with Crippen molar-refractivity contribution in [1.29, 1.82) is 0 Å². The molecule has 0 fully saturated rings. The maximum absolute atomic E-state index is 14.3. The quantitative estimate of drug-likeness (QED) is 0.156. The maximum Gasteiger partial charge on any atom is 0.240 e. The zero-order valence-electron chi connectivity index (χ0n) is 28.0. The Bertz CT molecular complexity index is 2500. The number of carbonyl (C=O) groups excluding carboxylic acids is 1. The molecule has 3 N–H and O–H groups in total. The van der Waals surface area contributed by atoms with Gasteiger partial charge in [-0.25, -0.2) is 29.3 Å². The van der Waals surface area contributed by atoms with Crippen LogP contribution in [0.3, 0.4) is 0 Å². The number of anilines is 2. The lowest BCUT2D eigenvalue weighted by Crippen LogP contribution is -2.33. The van der Waals surface area contributed by atoms with Crippen molar-refractivity contribution in [1.82, 2.24) is 24.3 Å². The summed E-state index contributed by atoms with van der Waals surface area (Å²) in [5.74, 6) is 0.781. The zero-order chi connectivity index (χ0) is 36.0. The Hall–Kier alpha value is -6.46. The van der Waals surface area contributed by atoms with E-state index in [2.05, 4.69) is 5.32 Å². The van der Waals surface area contributed by atoms with Gasteiger partial charge >= 0.3 is 0 Å². The fourth-order valence-electron chi connectivity index (χ4n) is 6.56. The number of nitrogen functional groups attached to an aromatic ring is 1. The van der Waals surface area contributed by atoms with Crippen LogP contribution >= 0.6 is 11.6 Å². The van der Waals surface area contributed by atoms with Gasteiger partial charge in [0.05, 0.1) is 35.3 Å². The Kier molecular flexibility index (Phi) is 8.19. The third-order valence-corrected chi connectivity index (χ3v) is 9.52. The lowest BCUT2D eigenvalue weighted by atomic mass is 9.77. The van der Waals surface area contributed by atoms with Crippen molar-refractivity contribution in [3.8, 4) is 17.3 Å². The molecule has 4 heterocycles. The fraction of sp³-hybridized carbons (Fsp3) is 0.100. The summed E-state index contributed by atoms with van der Waals surface area (Å²) in [6.45, 7) is 1.75. The van der Waals surface area contributed by atoms with E-state index < -0.39 is 5.41 Å². The first-order valence-corrected chi connectivity index (χ1v) is 16.8. The van der Waals surface area contributed by atoms with Crippen LogP contribution in [0.2, 0.25) is 5.02 Å². The normalized spacial score (nSPS) is 15.0. The highest BCUT2D eigenvalue weighted by molar-refractivity contribution is 6.32. The molecule has 256 valence electrons. The molecule has 12 heteroatoms. The summed E-state index contributed by atoms with van der Waals surface area (Å²) in [6.07, 6.45) is 3.67. The van der Waals surface area contributed by atoms with E-state index in [-0.39, 0.29) is 35.6 Å². The molecule has 1 atom stereocenters. The van der Waals surface area contributed by atoms with Gasteiger partial charge in [-0.2, -0.15) is 0 Å². The molecule has 0 bridgehead atoms. The number of hydrogen-bond acceptors (Lipinski definition) is 8. The highest BCUT2D eigenvalue weighted by Crippen LogP contribution is 2.46. The Labute approximate surface area is 302 Å². The number of methoxy groups -OCH3 is 1. The number of amides is 1. The number of aliphatic imine (C=N–C) groups is 1. The van der Waals surface area contributed by atoms with E-state index in [0.717, 1.165) is 16.8 Å². The standard InChI is InChI=1S/C40H30ClFN8O2/c1-40(26-16-17-28(41)31(20-26)52-2)33-35(43)47-36(48-37(33)49-39(40)51)30-22-50-32(21-44-38(50)29(45-30)19-23-10-9-15-27(42)18-23)46-34(24-11-5-3-6-12-24)25-13-7-4-8-14-25/h3-18,20-22H,19H2,1-2H3,(H3,43,47,48,49,51). The predicted molar refractivity (Wildman–Crippen MR) is 199 cm³/mol. The van der Waals surface area contributed by atoms with E-state index in [1.807, 2.05) is 71.1 Å². The summed E-state index contributed by atoms with van der Waals surface area (Å²) < 4.78 is 21.5. The molecular formula is C40H30ClFN8O2. The summed E-state index contributed by atoms with van der Waals surface area (Å²) >= 11 is 6.30. The number of nitrogens with zero attached hydrogens (tertiary/aromatic N) is 6. The van der Waals surface area contributed by atoms with Gasteiger partial charge in [0.15, 0.2) is 17.3 Å². The fourth-order valence-corrected chi connectivity index (χ4v) is 6.75. The molecule has 1 aliphatic heterocycles. The van der Waals surface area contributed by atoms with Crippen molar-refractivity contribution < 1.29 is 13.9 Å². The number of nitrogens with one attached hydrogen (secondary N) is 1. The maximum atomic E-state index is 14.3. The Balaban J connectivity index is 1.30. The van der Waals surface area contributed by atoms with E-state index in [1.54, 1.807) is 43.6 Å². The van der Waals surface area contributed by atoms with Crippen LogP contribution in [0.5, 0.6) is 5.75 Å². The molecule has 0 saturated carbocycles. The number of benzene rings is 4. The third kappa shape index (κ3) is 5.70. The van der Waals surface area contributed by atoms with Crippen molar-refractivity contribution in [3.05, 3.63) is 160 Å². The lowest BCUT2D eigenvalue weighted by molar-refractivity contribution is -0.119. The molecule has 0 aliphatic carbocycles. The highest BCUT2D eigenvalue weighted by Gasteiger charge is 2.48. The van der Waals surface area contributed by atoms with Gasteiger partial charge in [-0.15, -0.1) is 0 Å². The summed E-state index contributed by atoms with van der Waals surface area (Å²) in [7, 11) is 1.51. The summed E-state index contributed by atoms with van der Waals surface area (Å²) in [4.78, 5) is 37.9. The van der Waals surface area contributed by atoms with E-state index in [1.165, 1.54) is 19.2 Å². The first-order chi connectivity index (χ1) is 25.2. The number of carbonyl (C=O) groups is 1. The van der Waals surface area contributed by atoms with Gasteiger partial charge in [-0.05, 0) is 42.3 Å². The number of nitrogens with two attached hydrogens (primary N) is 1. The predicted octanol–water partition coefficient (Wildman–Crippen LogP) is 7.59. The van der Waals surface area contributed by atoms with Gasteiger partial charge in [0.2, 0.25) is 5.91 Å². The van der Waals surface area contributed by atoms with Crippen LogP contribution in [-0.4, -0.2) is 43.1 Å². The van der Waals surface area contributed by atoms with E-state index in [9.17, 15) is 9.18 Å². The monoisotopic (exact) mass is 708 g/mol. The molecule has 0 spiro atoms. The largest absolute Gasteiger partial charge is 0.495 e. The first kappa shape index (κ1) is 32.7. The summed E-state index contributed by atoms with van der Waals surface area (Å²) in [6, 6.07) is 31.2. The smallest absolute Gasteiger partial charge is 0.240 e. The lowest BCUT2D eigenvalue weighted by Gasteiger charge is -2.24. The van der Waals surface area contributed by atoms with Crippen LogP contribution in [0.4, 0.5) is 21.8 Å². The van der Waals surface area contributed by atoms with Crippen molar-refractivity contribution in [3.63, 3.8) is 0 Å². The SMILES string of the molecule is COc1cc(C2(C)C(=O)Nc3nc(-c4cn5c(N=C(c6ccccc6)c6ccccc6)cnc5c(Cc5cccc(F)c5)n4)nc(N)c32)ccc1Cl. The molecule has 52 heavy (non-hydrogen) atoms. The number of hydrogen-bond donors (Lipinski definition) is 2. The molecule has 0 saturated heterocycles. The second-order valence-corrected chi connectivity index (χ2v) is 12.9. The highest BCUT2D eigenvalue weighted by atomic mass is 35.5. The third-order valence-electron chi connectivity index (χ3n) is 9.20. The average Bonchev–Trinajstić information content (AvgIpc) is 3.69. The molecule has 1 unspecified atom stereocenters. The van der Waals surface area contributed by atoms with Crippen LogP contribution in [-0.2, 0) is 16.6 Å². The van der Waals surface area contributed by atoms with Gasteiger partial charge in [0.25, 0.3) is 0 Å². The van der Waals surface area contributed by atoms with Crippen LogP contribution in [0, 0.1) is 5.82 Å². The minimum Gasteiger partial charge on any atom is -0.495 e. The van der Waals surface area contributed by atoms with Crippen molar-refractivity contribution in [2.45, 2.75) is 18.8 Å². The summed E-state index contributed by atoms with van der Waals surface area (Å²) in [5, 5.41) is 3.31. The molecule has 3 aromatic heterocycles. The van der Waals surface area contributed by atoms with Crippen LogP contribution in [0.15, 0.2) is 121 Å². The molecule has 10 nitrogen and oxygen atoms in total. The molecule has 7 aromatic rings. The van der Waals surface area contributed by atoms with Gasteiger partial charge in [0, 0.05) is 23.7 Å². The van der Waals surface area contributed by atoms with Gasteiger partial charge in [0.1, 0.15) is 34.3 Å². The summed E-state index contributed by atoms with van der Waals surface area (Å²) in [5.41, 5.74) is 11.2. The number of fused-ring (bicyclic) bond motifs is 2. The Morgan fingerprint density at radius 3 is 2.38 bits per heavy atom. The number of aromatic nitrogens is 5. The van der Waals surface area contributed by atoms with Crippen molar-refractivity contribution in [2.24, 2.45) is 4.99 Å². The number of rotatable bonds is 8. The number of ether oxygens (including phenoxy) is 1. The van der Waals surface area contributed by atoms with E-state index >= 15 is 0 Å². The van der Waals surface area contributed by atoms with E-state index in [0.29, 0.717) is 50.3 Å². The van der Waals surface area contributed by atoms with Crippen LogP contribution in [0.25, 0.3) is 17.2 Å². The second kappa shape index (κ2) is 13.0. The molecule has 1 amide bonds. The van der Waals surface area contributed by atoms with Crippen molar-refractivity contribution in [2.75, 3.05) is 18.2 Å². The minimum atomic E-state index is -1.23. The number of imidazole rings is 1. The molecule has 4 aromatic carbocycles. The molecule has 1 aliphatic rings. The number of halogens is 2. The molecule has 0 radical (unpaired) electrons. The average molecular weight is 709 g/mol. The van der Waals surface area contributed by atoms with Crippen LogP contribution < -0.4 is 15.8 Å². The first-order valence-electron chi connectivity index (χ1n) is 16.4. The minimum absolute atomic E-state index is 0.0997. The second-order valence-electron chi connectivity index (χ2n) is 12.5. The van der Waals surface area contributed by atoms with Gasteiger partial charge in [-0.1, -0.05) is 90.5 Å². The zero-order valence-corrected chi connectivity index (χ0v) is 28.8.